The predicted octanol–water partition coefficient (Wildman–Crippen LogP) is 3.49. The molecule has 0 saturated heterocycles. The number of carboxylic acids is 1. The molecule has 0 spiro atoms. The lowest BCUT2D eigenvalue weighted by Crippen LogP contribution is -2.25. The quantitative estimate of drug-likeness (QED) is 0.346. The van der Waals surface area contributed by atoms with E-state index in [0.717, 1.165) is 16.7 Å². The number of nitrogens with zero attached hydrogens (tertiary/aromatic N) is 1. The first kappa shape index (κ1) is 21.7. The maximum Gasteiger partial charge on any atom is 0.376 e. The molecule has 3 rings (SSSR count). The first-order chi connectivity index (χ1) is 14.7. The highest BCUT2D eigenvalue weighted by Crippen LogP contribution is 2.15. The van der Waals surface area contributed by atoms with Gasteiger partial charge in [0.05, 0.1) is 12.1 Å². The molecule has 6 nitrogen and oxygen atoms in total. The molecule has 0 saturated carbocycles. The van der Waals surface area contributed by atoms with Crippen LogP contribution in [-0.2, 0) is 22.6 Å². The zero-order chi connectivity index (χ0) is 22.5. The Morgan fingerprint density at radius 2 is 1.58 bits per heavy atom. The van der Waals surface area contributed by atoms with E-state index >= 15 is 0 Å². The third kappa shape index (κ3) is 5.54. The summed E-state index contributed by atoms with van der Waals surface area (Å²) in [6, 6.07) is 14.8. The number of carboxylic acid groups (broad SMARTS) is 1. The van der Waals surface area contributed by atoms with Crippen LogP contribution in [0, 0.1) is 12.7 Å². The molecule has 1 heterocycles. The summed E-state index contributed by atoms with van der Waals surface area (Å²) < 4.78 is 14.6. The molecule has 0 fully saturated rings. The maximum atomic E-state index is 13.2. The Kier molecular flexibility index (Phi) is 6.45. The fourth-order valence-corrected chi connectivity index (χ4v) is 3.09. The number of aryl methyl sites for hydroxylation is 1. The summed E-state index contributed by atoms with van der Waals surface area (Å²) in [6.07, 6.45) is 2.47. The average molecular weight is 421 g/mol. The van der Waals surface area contributed by atoms with Gasteiger partial charge in [-0.2, -0.15) is 0 Å². The summed E-state index contributed by atoms with van der Waals surface area (Å²) in [5.41, 5.74) is 2.54. The molecular weight excluding hydrogens is 401 g/mol. The molecule has 0 aliphatic heterocycles. The zero-order valence-corrected chi connectivity index (χ0v) is 16.7. The van der Waals surface area contributed by atoms with Crippen molar-refractivity contribution in [2.45, 2.75) is 19.9 Å². The summed E-state index contributed by atoms with van der Waals surface area (Å²) >= 11 is 0. The number of carbonyl (C=O) groups excluding carboxylic acids is 1. The SMILES string of the molecule is Cc1ccc(Cn2cc(Cc3ccc(F)cc3)cc(C(O)=CC(=O)C(=O)O)c2=O)cc1. The minimum Gasteiger partial charge on any atom is -0.507 e. The third-order valence-electron chi connectivity index (χ3n) is 4.69. The fraction of sp³-hybridized carbons (Fsp3) is 0.125. The van der Waals surface area contributed by atoms with Crippen molar-refractivity contribution in [3.05, 3.63) is 111 Å². The van der Waals surface area contributed by atoms with Crippen molar-refractivity contribution in [3.63, 3.8) is 0 Å². The smallest absolute Gasteiger partial charge is 0.376 e. The van der Waals surface area contributed by atoms with Crippen molar-refractivity contribution < 1.29 is 24.2 Å². The molecule has 2 N–H and O–H groups in total. The number of hydrogen-bond donors (Lipinski definition) is 2. The highest BCUT2D eigenvalue weighted by atomic mass is 19.1. The number of aliphatic carboxylic acids is 1. The van der Waals surface area contributed by atoms with Crippen LogP contribution in [0.2, 0.25) is 0 Å². The Hall–Kier alpha value is -4.00. The number of hydrogen-bond acceptors (Lipinski definition) is 4. The van der Waals surface area contributed by atoms with E-state index in [4.69, 9.17) is 5.11 Å². The van der Waals surface area contributed by atoms with Gasteiger partial charge in [-0.05, 0) is 48.2 Å². The van der Waals surface area contributed by atoms with Gasteiger partial charge in [0, 0.05) is 12.3 Å². The zero-order valence-electron chi connectivity index (χ0n) is 16.7. The number of ketones is 1. The monoisotopic (exact) mass is 421 g/mol. The molecular formula is C24H20FNO5. The molecule has 7 heteroatoms. The van der Waals surface area contributed by atoms with Gasteiger partial charge in [0.1, 0.15) is 11.6 Å². The van der Waals surface area contributed by atoms with Crippen LogP contribution < -0.4 is 5.56 Å². The maximum absolute atomic E-state index is 13.2. The summed E-state index contributed by atoms with van der Waals surface area (Å²) in [7, 11) is 0. The standard InChI is InChI=1S/C24H20FNO5/c1-15-2-4-17(5-3-15)13-26-14-18(10-16-6-8-19(25)9-7-16)11-20(23(26)29)21(27)12-22(28)24(30)31/h2-9,11-12,14,27H,10,13H2,1H3,(H,30,31). The first-order valence-electron chi connectivity index (χ1n) is 9.44. The van der Waals surface area contributed by atoms with Gasteiger partial charge in [0.15, 0.2) is 0 Å². The third-order valence-corrected chi connectivity index (χ3v) is 4.69. The number of halogens is 1. The molecule has 0 unspecified atom stereocenters. The van der Waals surface area contributed by atoms with Crippen LogP contribution in [0.15, 0.2) is 71.7 Å². The largest absolute Gasteiger partial charge is 0.507 e. The van der Waals surface area contributed by atoms with Crippen LogP contribution in [0.5, 0.6) is 0 Å². The van der Waals surface area contributed by atoms with E-state index in [1.807, 2.05) is 31.2 Å². The van der Waals surface area contributed by atoms with E-state index in [1.165, 1.54) is 22.8 Å². The van der Waals surface area contributed by atoms with Crippen LogP contribution in [0.25, 0.3) is 5.76 Å². The van der Waals surface area contributed by atoms with Crippen LogP contribution in [-0.4, -0.2) is 26.5 Å². The summed E-state index contributed by atoms with van der Waals surface area (Å²) in [5.74, 6) is -4.18. The summed E-state index contributed by atoms with van der Waals surface area (Å²) in [4.78, 5) is 35.2. The highest BCUT2D eigenvalue weighted by Gasteiger charge is 2.16. The van der Waals surface area contributed by atoms with Crippen LogP contribution in [0.1, 0.15) is 27.8 Å². The minimum atomic E-state index is -1.74. The minimum absolute atomic E-state index is 0.193. The van der Waals surface area contributed by atoms with Gasteiger partial charge in [-0.1, -0.05) is 42.0 Å². The lowest BCUT2D eigenvalue weighted by molar-refractivity contribution is -0.146. The second-order valence-corrected chi connectivity index (χ2v) is 7.18. The van der Waals surface area contributed by atoms with Crippen molar-refractivity contribution in [3.8, 4) is 0 Å². The van der Waals surface area contributed by atoms with Gasteiger partial charge in [-0.15, -0.1) is 0 Å². The number of aromatic nitrogens is 1. The van der Waals surface area contributed by atoms with Gasteiger partial charge in [-0.25, -0.2) is 9.18 Å². The van der Waals surface area contributed by atoms with Gasteiger partial charge >= 0.3 is 5.97 Å². The highest BCUT2D eigenvalue weighted by molar-refractivity contribution is 6.38. The topological polar surface area (TPSA) is 96.6 Å². The van der Waals surface area contributed by atoms with Crippen molar-refractivity contribution in [2.75, 3.05) is 0 Å². The lowest BCUT2D eigenvalue weighted by Gasteiger charge is -2.12. The second kappa shape index (κ2) is 9.21. The van der Waals surface area contributed by atoms with E-state index in [0.29, 0.717) is 18.1 Å². The molecule has 0 bridgehead atoms. The van der Waals surface area contributed by atoms with Crippen LogP contribution in [0.3, 0.4) is 0 Å². The van der Waals surface area contributed by atoms with E-state index in [1.54, 1.807) is 18.3 Å². The average Bonchev–Trinajstić information content (AvgIpc) is 2.73. The Balaban J connectivity index is 2.06. The van der Waals surface area contributed by atoms with Crippen LogP contribution >= 0.6 is 0 Å². The van der Waals surface area contributed by atoms with Crippen molar-refractivity contribution in [2.24, 2.45) is 0 Å². The van der Waals surface area contributed by atoms with Crippen molar-refractivity contribution >= 4 is 17.5 Å². The number of rotatable bonds is 7. The normalized spacial score (nSPS) is 11.4. The Labute approximate surface area is 177 Å². The molecule has 3 aromatic rings. The van der Waals surface area contributed by atoms with E-state index in [2.05, 4.69) is 0 Å². The van der Waals surface area contributed by atoms with Gasteiger partial charge in [0.2, 0.25) is 0 Å². The Morgan fingerprint density at radius 1 is 0.968 bits per heavy atom. The predicted molar refractivity (Wildman–Crippen MR) is 113 cm³/mol. The first-order valence-corrected chi connectivity index (χ1v) is 9.44. The summed E-state index contributed by atoms with van der Waals surface area (Å²) in [5, 5.41) is 19.1. The van der Waals surface area contributed by atoms with Crippen molar-refractivity contribution in [1.29, 1.82) is 0 Å². The Morgan fingerprint density at radius 3 is 2.19 bits per heavy atom. The second-order valence-electron chi connectivity index (χ2n) is 7.18. The Bertz CT molecular complexity index is 1210. The lowest BCUT2D eigenvalue weighted by atomic mass is 10.0. The number of pyridine rings is 1. The fourth-order valence-electron chi connectivity index (χ4n) is 3.09. The number of carbonyl (C=O) groups is 2. The van der Waals surface area contributed by atoms with E-state index in [9.17, 15) is 23.9 Å². The molecule has 0 atom stereocenters. The van der Waals surface area contributed by atoms with Gasteiger partial charge < -0.3 is 14.8 Å². The molecule has 2 aromatic carbocycles. The number of aliphatic hydroxyl groups is 1. The van der Waals surface area contributed by atoms with E-state index in [-0.39, 0.29) is 17.9 Å². The molecule has 158 valence electrons. The molecule has 0 aliphatic carbocycles. The number of aliphatic hydroxyl groups excluding tert-OH is 1. The molecule has 0 radical (unpaired) electrons. The molecule has 1 aromatic heterocycles. The van der Waals surface area contributed by atoms with Crippen LogP contribution in [0.4, 0.5) is 4.39 Å². The van der Waals surface area contributed by atoms with E-state index < -0.39 is 23.1 Å². The van der Waals surface area contributed by atoms with Gasteiger partial charge in [0.25, 0.3) is 11.3 Å². The number of benzene rings is 2. The van der Waals surface area contributed by atoms with Crippen molar-refractivity contribution in [1.82, 2.24) is 4.57 Å². The summed E-state index contributed by atoms with van der Waals surface area (Å²) in [6.45, 7) is 2.16. The van der Waals surface area contributed by atoms with Gasteiger partial charge in [-0.3, -0.25) is 9.59 Å². The molecule has 31 heavy (non-hydrogen) atoms. The molecule has 0 aliphatic rings. The molecule has 0 amide bonds.